The summed E-state index contributed by atoms with van der Waals surface area (Å²) in [6, 6.07) is 17.6. The fraction of sp³-hybridized carbons (Fsp3) is 0.214. The summed E-state index contributed by atoms with van der Waals surface area (Å²) in [4.78, 5) is 25.0. The predicted molar refractivity (Wildman–Crippen MR) is 143 cm³/mol. The lowest BCUT2D eigenvalue weighted by molar-refractivity contribution is -0.119. The molecule has 4 aromatic rings. The summed E-state index contributed by atoms with van der Waals surface area (Å²) in [5, 5.41) is 9.78. The van der Waals surface area contributed by atoms with Gasteiger partial charge in [0, 0.05) is 30.6 Å². The molecule has 5 rings (SSSR count). The molecule has 1 aliphatic heterocycles. The second kappa shape index (κ2) is 10.6. The van der Waals surface area contributed by atoms with Crippen LogP contribution in [0.15, 0.2) is 67.1 Å². The number of anilines is 4. The van der Waals surface area contributed by atoms with E-state index in [1.165, 1.54) is 7.11 Å². The molecule has 2 aromatic carbocycles. The minimum Gasteiger partial charge on any atom is -0.455 e. The molecule has 9 heteroatoms. The molecule has 0 aliphatic carbocycles. The zero-order valence-electron chi connectivity index (χ0n) is 20.9. The maximum atomic E-state index is 11.7. The normalized spacial score (nSPS) is 14.0. The van der Waals surface area contributed by atoms with Crippen LogP contribution in [0.25, 0.3) is 0 Å². The molecule has 37 heavy (non-hydrogen) atoms. The van der Waals surface area contributed by atoms with E-state index >= 15 is 0 Å². The Morgan fingerprint density at radius 1 is 1.03 bits per heavy atom. The molecule has 0 saturated heterocycles. The largest absolute Gasteiger partial charge is 0.455 e. The summed E-state index contributed by atoms with van der Waals surface area (Å²) < 4.78 is 10.9. The summed E-state index contributed by atoms with van der Waals surface area (Å²) in [5.74, 6) is 1.99. The highest BCUT2D eigenvalue weighted by atomic mass is 16.5. The summed E-state index contributed by atoms with van der Waals surface area (Å²) in [7, 11) is 1.49. The molecule has 1 amide bonds. The van der Waals surface area contributed by atoms with Gasteiger partial charge in [0.1, 0.15) is 24.4 Å². The lowest BCUT2D eigenvalue weighted by Gasteiger charge is -2.15. The summed E-state index contributed by atoms with van der Waals surface area (Å²) in [5.41, 5.74) is 6.48. The summed E-state index contributed by atoms with van der Waals surface area (Å²) in [6.45, 7) is 3.97. The highest BCUT2D eigenvalue weighted by Crippen LogP contribution is 2.38. The third kappa shape index (κ3) is 5.68. The van der Waals surface area contributed by atoms with E-state index in [1.54, 1.807) is 12.5 Å². The molecule has 1 atom stereocenters. The van der Waals surface area contributed by atoms with Crippen molar-refractivity contribution in [1.82, 2.24) is 15.0 Å². The van der Waals surface area contributed by atoms with Crippen molar-refractivity contribution in [3.63, 3.8) is 0 Å². The average Bonchev–Trinajstić information content (AvgIpc) is 3.33. The molecule has 0 fully saturated rings. The SMILES string of the molecule is COCC(=O)Nc1ccc(C2Cc3ncnc(Nc4ccc(Oc5ccc(C)nc5)c(C)c4)c3N2)cc1. The van der Waals surface area contributed by atoms with E-state index in [4.69, 9.17) is 9.47 Å². The monoisotopic (exact) mass is 496 g/mol. The van der Waals surface area contributed by atoms with Gasteiger partial charge in [-0.1, -0.05) is 12.1 Å². The van der Waals surface area contributed by atoms with Crippen LogP contribution in [0.3, 0.4) is 0 Å². The number of nitrogens with zero attached hydrogens (tertiary/aromatic N) is 3. The number of aromatic nitrogens is 3. The Hall–Kier alpha value is -4.50. The van der Waals surface area contributed by atoms with Gasteiger partial charge in [-0.3, -0.25) is 9.78 Å². The summed E-state index contributed by atoms with van der Waals surface area (Å²) in [6.07, 6.45) is 4.03. The van der Waals surface area contributed by atoms with E-state index in [2.05, 4.69) is 30.9 Å². The van der Waals surface area contributed by atoms with E-state index in [0.717, 1.165) is 51.7 Å². The molecular formula is C28H28N6O3. The number of aryl methyl sites for hydroxylation is 2. The van der Waals surface area contributed by atoms with Crippen molar-refractivity contribution < 1.29 is 14.3 Å². The number of hydrogen-bond acceptors (Lipinski definition) is 8. The number of ether oxygens (including phenoxy) is 2. The number of carbonyl (C=O) groups is 1. The number of amides is 1. The lowest BCUT2D eigenvalue weighted by atomic mass is 10.0. The third-order valence-corrected chi connectivity index (χ3v) is 6.06. The maximum Gasteiger partial charge on any atom is 0.250 e. The summed E-state index contributed by atoms with van der Waals surface area (Å²) >= 11 is 0. The van der Waals surface area contributed by atoms with E-state index < -0.39 is 0 Å². The van der Waals surface area contributed by atoms with Crippen LogP contribution in [0.2, 0.25) is 0 Å². The molecule has 188 valence electrons. The van der Waals surface area contributed by atoms with E-state index in [1.807, 2.05) is 68.4 Å². The Balaban J connectivity index is 1.27. The van der Waals surface area contributed by atoms with Crippen molar-refractivity contribution in [3.8, 4) is 11.5 Å². The highest BCUT2D eigenvalue weighted by molar-refractivity contribution is 5.91. The van der Waals surface area contributed by atoms with E-state index in [9.17, 15) is 4.79 Å². The molecule has 0 spiro atoms. The van der Waals surface area contributed by atoms with Gasteiger partial charge in [0.15, 0.2) is 5.82 Å². The molecule has 1 aliphatic rings. The van der Waals surface area contributed by atoms with Crippen LogP contribution in [-0.2, 0) is 16.0 Å². The molecule has 3 heterocycles. The first-order chi connectivity index (χ1) is 18.0. The van der Waals surface area contributed by atoms with Crippen molar-refractivity contribution in [3.05, 3.63) is 89.6 Å². The first-order valence-corrected chi connectivity index (χ1v) is 12.0. The zero-order chi connectivity index (χ0) is 25.8. The number of methoxy groups -OCH3 is 1. The minimum absolute atomic E-state index is 0.0230. The molecule has 9 nitrogen and oxygen atoms in total. The van der Waals surface area contributed by atoms with Gasteiger partial charge in [-0.05, 0) is 67.4 Å². The fourth-order valence-corrected chi connectivity index (χ4v) is 4.19. The Morgan fingerprint density at radius 3 is 2.57 bits per heavy atom. The Bertz CT molecular complexity index is 1410. The van der Waals surface area contributed by atoms with Crippen molar-refractivity contribution >= 4 is 28.8 Å². The number of carbonyl (C=O) groups excluding carboxylic acids is 1. The second-order valence-electron chi connectivity index (χ2n) is 8.89. The van der Waals surface area contributed by atoms with Gasteiger partial charge in [-0.15, -0.1) is 0 Å². The minimum atomic E-state index is -0.186. The molecular weight excluding hydrogens is 468 g/mol. The van der Waals surface area contributed by atoms with Gasteiger partial charge in [-0.2, -0.15) is 0 Å². The molecule has 0 saturated carbocycles. The Kier molecular flexibility index (Phi) is 6.96. The van der Waals surface area contributed by atoms with Gasteiger partial charge in [0.05, 0.1) is 23.6 Å². The quantitative estimate of drug-likeness (QED) is 0.301. The maximum absolute atomic E-state index is 11.7. The zero-order valence-corrected chi connectivity index (χ0v) is 20.9. The fourth-order valence-electron chi connectivity index (χ4n) is 4.19. The molecule has 1 unspecified atom stereocenters. The highest BCUT2D eigenvalue weighted by Gasteiger charge is 2.26. The molecule has 0 radical (unpaired) electrons. The predicted octanol–water partition coefficient (Wildman–Crippen LogP) is 5.32. The topological polar surface area (TPSA) is 110 Å². The number of rotatable bonds is 8. The van der Waals surface area contributed by atoms with E-state index in [-0.39, 0.29) is 18.6 Å². The van der Waals surface area contributed by atoms with Crippen molar-refractivity contribution in [2.24, 2.45) is 0 Å². The van der Waals surface area contributed by atoms with Crippen LogP contribution in [0.5, 0.6) is 11.5 Å². The average molecular weight is 497 g/mol. The van der Waals surface area contributed by atoms with Gasteiger partial charge < -0.3 is 25.4 Å². The van der Waals surface area contributed by atoms with Crippen LogP contribution in [0, 0.1) is 13.8 Å². The van der Waals surface area contributed by atoms with Crippen LogP contribution < -0.4 is 20.7 Å². The van der Waals surface area contributed by atoms with Gasteiger partial charge in [-0.25, -0.2) is 9.97 Å². The number of benzene rings is 2. The van der Waals surface area contributed by atoms with Crippen molar-refractivity contribution in [2.45, 2.75) is 26.3 Å². The number of pyridine rings is 1. The molecule has 0 bridgehead atoms. The van der Waals surface area contributed by atoms with Gasteiger partial charge >= 0.3 is 0 Å². The van der Waals surface area contributed by atoms with Crippen molar-refractivity contribution in [1.29, 1.82) is 0 Å². The molecule has 2 aromatic heterocycles. The number of nitrogens with one attached hydrogen (secondary N) is 3. The number of fused-ring (bicyclic) bond motifs is 1. The first-order valence-electron chi connectivity index (χ1n) is 12.0. The second-order valence-corrected chi connectivity index (χ2v) is 8.89. The van der Waals surface area contributed by atoms with Gasteiger partial charge in [0.2, 0.25) is 5.91 Å². The molecule has 3 N–H and O–H groups in total. The van der Waals surface area contributed by atoms with Crippen LogP contribution in [0.1, 0.15) is 28.6 Å². The van der Waals surface area contributed by atoms with Crippen LogP contribution >= 0.6 is 0 Å². The third-order valence-electron chi connectivity index (χ3n) is 6.06. The number of hydrogen-bond donors (Lipinski definition) is 3. The Labute approximate surface area is 215 Å². The first kappa shape index (κ1) is 24.2. The Morgan fingerprint density at radius 2 is 1.84 bits per heavy atom. The van der Waals surface area contributed by atoms with Gasteiger partial charge in [0.25, 0.3) is 0 Å². The van der Waals surface area contributed by atoms with Crippen molar-refractivity contribution in [2.75, 3.05) is 29.7 Å². The lowest BCUT2D eigenvalue weighted by Crippen LogP contribution is -2.17. The van der Waals surface area contributed by atoms with Crippen LogP contribution in [-0.4, -0.2) is 34.6 Å². The standard InChI is InChI=1S/C28H28N6O3/c1-17-12-21(9-11-25(17)37-22-10-4-18(2)29-14-22)33-28-27-24(30-16-31-28)13-23(34-27)19-5-7-20(8-6-19)32-26(35)15-36-3/h4-12,14,16,23,34H,13,15H2,1-3H3,(H,32,35)(H,30,31,33). The smallest absolute Gasteiger partial charge is 0.250 e. The van der Waals surface area contributed by atoms with E-state index in [0.29, 0.717) is 11.6 Å². The van der Waals surface area contributed by atoms with Crippen LogP contribution in [0.4, 0.5) is 22.9 Å².